The van der Waals surface area contributed by atoms with Gasteiger partial charge >= 0.3 is 0 Å². The summed E-state index contributed by atoms with van der Waals surface area (Å²) >= 11 is 0. The summed E-state index contributed by atoms with van der Waals surface area (Å²) in [6.07, 6.45) is 3.70. The van der Waals surface area contributed by atoms with Crippen molar-refractivity contribution >= 4 is 12.1 Å². The molecule has 22 heavy (non-hydrogen) atoms. The van der Waals surface area contributed by atoms with Gasteiger partial charge in [-0.15, -0.1) is 0 Å². The lowest BCUT2D eigenvalue weighted by molar-refractivity contribution is -0.120. The van der Waals surface area contributed by atoms with E-state index in [0.717, 1.165) is 11.3 Å². The third-order valence-corrected chi connectivity index (χ3v) is 3.22. The highest BCUT2D eigenvalue weighted by Gasteiger charge is 2.05. The van der Waals surface area contributed by atoms with Crippen LogP contribution in [-0.2, 0) is 18.3 Å². The number of carbonyl (C=O) groups excluding carboxylic acids is 1. The third kappa shape index (κ3) is 3.88. The number of aryl methyl sites for hydroxylation is 1. The maximum absolute atomic E-state index is 11.8. The van der Waals surface area contributed by atoms with Crippen molar-refractivity contribution in [1.82, 2.24) is 9.99 Å². The molecule has 1 aromatic heterocycles. The SMILES string of the molecule is COc1ccc(OC)c(C=NNC(=O)Cc2cccn2C)c1. The first-order valence-corrected chi connectivity index (χ1v) is 6.78. The Labute approximate surface area is 129 Å². The molecule has 2 rings (SSSR count). The van der Waals surface area contributed by atoms with Crippen LogP contribution in [0.5, 0.6) is 11.5 Å². The van der Waals surface area contributed by atoms with Crippen LogP contribution in [0.1, 0.15) is 11.3 Å². The van der Waals surface area contributed by atoms with E-state index >= 15 is 0 Å². The van der Waals surface area contributed by atoms with E-state index in [1.165, 1.54) is 6.21 Å². The summed E-state index contributed by atoms with van der Waals surface area (Å²) in [5, 5.41) is 3.97. The number of nitrogens with one attached hydrogen (secondary N) is 1. The first kappa shape index (κ1) is 15.6. The van der Waals surface area contributed by atoms with E-state index < -0.39 is 0 Å². The summed E-state index contributed by atoms with van der Waals surface area (Å²) < 4.78 is 12.3. The molecule has 0 aliphatic rings. The van der Waals surface area contributed by atoms with Crippen molar-refractivity contribution in [3.05, 3.63) is 47.8 Å². The summed E-state index contributed by atoms with van der Waals surface area (Å²) in [6.45, 7) is 0. The van der Waals surface area contributed by atoms with Crippen molar-refractivity contribution in [3.63, 3.8) is 0 Å². The lowest BCUT2D eigenvalue weighted by Crippen LogP contribution is -2.20. The van der Waals surface area contributed by atoms with E-state index in [1.54, 1.807) is 32.4 Å². The molecule has 1 aromatic carbocycles. The molecule has 0 aliphatic carbocycles. The minimum atomic E-state index is -0.181. The summed E-state index contributed by atoms with van der Waals surface area (Å²) in [6, 6.07) is 9.16. The van der Waals surface area contributed by atoms with E-state index in [9.17, 15) is 4.79 Å². The number of hydrogen-bond acceptors (Lipinski definition) is 4. The van der Waals surface area contributed by atoms with Crippen LogP contribution in [0.25, 0.3) is 0 Å². The maximum Gasteiger partial charge on any atom is 0.245 e. The first-order valence-electron chi connectivity index (χ1n) is 6.78. The molecule has 0 saturated heterocycles. The molecule has 0 fully saturated rings. The van der Waals surface area contributed by atoms with Gasteiger partial charge < -0.3 is 14.0 Å². The smallest absolute Gasteiger partial charge is 0.245 e. The van der Waals surface area contributed by atoms with E-state index in [2.05, 4.69) is 10.5 Å². The van der Waals surface area contributed by atoms with Gasteiger partial charge in [0.2, 0.25) is 5.91 Å². The van der Waals surface area contributed by atoms with Gasteiger partial charge in [0, 0.05) is 24.5 Å². The topological polar surface area (TPSA) is 64.8 Å². The Morgan fingerprint density at radius 3 is 2.77 bits per heavy atom. The lowest BCUT2D eigenvalue weighted by Gasteiger charge is -2.07. The summed E-state index contributed by atoms with van der Waals surface area (Å²) in [5.41, 5.74) is 4.15. The molecule has 0 aliphatic heterocycles. The Bertz CT molecular complexity index is 677. The van der Waals surface area contributed by atoms with Crippen LogP contribution in [0.15, 0.2) is 41.6 Å². The van der Waals surface area contributed by atoms with Gasteiger partial charge in [0.1, 0.15) is 11.5 Å². The van der Waals surface area contributed by atoms with Gasteiger partial charge in [-0.25, -0.2) is 5.43 Å². The van der Waals surface area contributed by atoms with Gasteiger partial charge in [-0.3, -0.25) is 4.79 Å². The zero-order valence-electron chi connectivity index (χ0n) is 12.9. The fourth-order valence-corrected chi connectivity index (χ4v) is 2.00. The molecule has 2 aromatic rings. The first-order chi connectivity index (χ1) is 10.6. The molecule has 0 radical (unpaired) electrons. The third-order valence-electron chi connectivity index (χ3n) is 3.22. The van der Waals surface area contributed by atoms with Gasteiger partial charge in [-0.2, -0.15) is 5.10 Å². The number of methoxy groups -OCH3 is 2. The Morgan fingerprint density at radius 2 is 2.14 bits per heavy atom. The number of carbonyl (C=O) groups is 1. The standard InChI is InChI=1S/C16H19N3O3/c1-19-8-4-5-13(19)10-16(20)18-17-11-12-9-14(21-2)6-7-15(12)22-3/h4-9,11H,10H2,1-3H3,(H,18,20). The Kier molecular flexibility index (Phi) is 5.19. The molecular formula is C16H19N3O3. The quantitative estimate of drug-likeness (QED) is 0.653. The minimum absolute atomic E-state index is 0.181. The molecular weight excluding hydrogens is 282 g/mol. The molecule has 116 valence electrons. The summed E-state index contributed by atoms with van der Waals surface area (Å²) in [5.74, 6) is 1.17. The Hall–Kier alpha value is -2.76. The molecule has 1 heterocycles. The number of benzene rings is 1. The molecule has 6 heteroatoms. The van der Waals surface area contributed by atoms with Crippen molar-refractivity contribution in [2.75, 3.05) is 14.2 Å². The number of hydrazone groups is 1. The zero-order chi connectivity index (χ0) is 15.9. The second-order valence-electron chi connectivity index (χ2n) is 4.69. The summed E-state index contributed by atoms with van der Waals surface area (Å²) in [7, 11) is 5.06. The molecule has 0 spiro atoms. The molecule has 6 nitrogen and oxygen atoms in total. The molecule has 1 N–H and O–H groups in total. The highest BCUT2D eigenvalue weighted by Crippen LogP contribution is 2.22. The number of aromatic nitrogens is 1. The second-order valence-corrected chi connectivity index (χ2v) is 4.69. The van der Waals surface area contributed by atoms with Crippen molar-refractivity contribution in [2.45, 2.75) is 6.42 Å². The van der Waals surface area contributed by atoms with Gasteiger partial charge in [0.15, 0.2) is 0 Å². The van der Waals surface area contributed by atoms with E-state index in [-0.39, 0.29) is 12.3 Å². The zero-order valence-corrected chi connectivity index (χ0v) is 12.9. The average Bonchev–Trinajstić information content (AvgIpc) is 2.92. The highest BCUT2D eigenvalue weighted by molar-refractivity contribution is 5.86. The highest BCUT2D eigenvalue weighted by atomic mass is 16.5. The van der Waals surface area contributed by atoms with Gasteiger partial charge in [0.05, 0.1) is 26.9 Å². The van der Waals surface area contributed by atoms with Crippen LogP contribution in [0.3, 0.4) is 0 Å². The largest absolute Gasteiger partial charge is 0.497 e. The predicted octanol–water partition coefficient (Wildman–Crippen LogP) is 1.74. The van der Waals surface area contributed by atoms with Gasteiger partial charge in [0.25, 0.3) is 0 Å². The van der Waals surface area contributed by atoms with Crippen LogP contribution in [0.2, 0.25) is 0 Å². The predicted molar refractivity (Wildman–Crippen MR) is 84.4 cm³/mol. The average molecular weight is 301 g/mol. The summed E-state index contributed by atoms with van der Waals surface area (Å²) in [4.78, 5) is 11.8. The van der Waals surface area contributed by atoms with Crippen LogP contribution in [0.4, 0.5) is 0 Å². The fraction of sp³-hybridized carbons (Fsp3) is 0.250. The van der Waals surface area contributed by atoms with E-state index in [1.807, 2.05) is 29.9 Å². The molecule has 0 saturated carbocycles. The van der Waals surface area contributed by atoms with Crippen molar-refractivity contribution in [2.24, 2.45) is 12.1 Å². The molecule has 1 amide bonds. The van der Waals surface area contributed by atoms with Gasteiger partial charge in [-0.1, -0.05) is 0 Å². The van der Waals surface area contributed by atoms with Crippen LogP contribution in [-0.4, -0.2) is 30.9 Å². The number of nitrogens with zero attached hydrogens (tertiary/aromatic N) is 2. The van der Waals surface area contributed by atoms with Crippen LogP contribution < -0.4 is 14.9 Å². The molecule has 0 unspecified atom stereocenters. The Morgan fingerprint density at radius 1 is 1.32 bits per heavy atom. The maximum atomic E-state index is 11.8. The van der Waals surface area contributed by atoms with E-state index in [0.29, 0.717) is 11.5 Å². The van der Waals surface area contributed by atoms with E-state index in [4.69, 9.17) is 9.47 Å². The van der Waals surface area contributed by atoms with Crippen LogP contribution in [0, 0.1) is 0 Å². The Balaban J connectivity index is 2.00. The number of rotatable bonds is 6. The minimum Gasteiger partial charge on any atom is -0.497 e. The van der Waals surface area contributed by atoms with Crippen molar-refractivity contribution in [3.8, 4) is 11.5 Å². The van der Waals surface area contributed by atoms with Crippen molar-refractivity contribution in [1.29, 1.82) is 0 Å². The monoisotopic (exact) mass is 301 g/mol. The number of amides is 1. The number of hydrogen-bond donors (Lipinski definition) is 1. The normalized spacial score (nSPS) is 10.7. The second kappa shape index (κ2) is 7.31. The molecule has 0 bridgehead atoms. The fourth-order valence-electron chi connectivity index (χ4n) is 2.00. The number of ether oxygens (including phenoxy) is 2. The molecule has 0 atom stereocenters. The van der Waals surface area contributed by atoms with Crippen molar-refractivity contribution < 1.29 is 14.3 Å². The van der Waals surface area contributed by atoms with Crippen LogP contribution >= 0.6 is 0 Å². The lowest BCUT2D eigenvalue weighted by atomic mass is 10.2. The van der Waals surface area contributed by atoms with Gasteiger partial charge in [-0.05, 0) is 30.3 Å².